The van der Waals surface area contributed by atoms with Crippen molar-refractivity contribution in [2.45, 2.75) is 12.5 Å². The van der Waals surface area contributed by atoms with Gasteiger partial charge in [-0.15, -0.1) is 0 Å². The van der Waals surface area contributed by atoms with Crippen LogP contribution < -0.4 is 10.6 Å². The molecule has 25 heavy (non-hydrogen) atoms. The van der Waals surface area contributed by atoms with E-state index in [1.165, 1.54) is 0 Å². The molecule has 0 saturated carbocycles. The van der Waals surface area contributed by atoms with Crippen LogP contribution in [0.3, 0.4) is 0 Å². The number of amides is 2. The molecule has 0 spiro atoms. The molecule has 0 saturated heterocycles. The summed E-state index contributed by atoms with van der Waals surface area (Å²) in [5.41, 5.74) is 2.63. The van der Waals surface area contributed by atoms with Crippen molar-refractivity contribution in [3.63, 3.8) is 0 Å². The van der Waals surface area contributed by atoms with E-state index in [0.29, 0.717) is 33.5 Å². The summed E-state index contributed by atoms with van der Waals surface area (Å²) in [5.74, 6) is -0.645. The largest absolute Gasteiger partial charge is 0.349 e. The van der Waals surface area contributed by atoms with Crippen molar-refractivity contribution >= 4 is 51.6 Å². The molecule has 0 bridgehead atoms. The minimum Gasteiger partial charge on any atom is -0.349 e. The highest BCUT2D eigenvalue weighted by Gasteiger charge is 2.28. The highest BCUT2D eigenvalue weighted by molar-refractivity contribution is 6.31. The lowest BCUT2D eigenvalue weighted by atomic mass is 9.99. The van der Waals surface area contributed by atoms with Crippen LogP contribution in [0.1, 0.15) is 16.1 Å². The smallest absolute Gasteiger partial charge is 0.268 e. The molecule has 2 amide bonds. The Morgan fingerprint density at radius 1 is 1.24 bits per heavy atom. The van der Waals surface area contributed by atoms with Gasteiger partial charge in [-0.1, -0.05) is 29.3 Å². The monoisotopic (exact) mass is 374 g/mol. The molecule has 0 radical (unpaired) electrons. The van der Waals surface area contributed by atoms with Crippen molar-refractivity contribution < 1.29 is 9.59 Å². The van der Waals surface area contributed by atoms with Gasteiger partial charge in [0.05, 0.1) is 11.7 Å². The molecule has 3 aromatic rings. The third kappa shape index (κ3) is 3.06. The van der Waals surface area contributed by atoms with E-state index in [0.717, 1.165) is 10.9 Å². The standard InChI is InChI=1S/C17H12Cl2N4O2/c18-10-2-1-8-3-13(17(25)22-11(8)6-10)23-16(24)12-4-9-5-15(19)20-7-14(9)21-12/h1-2,4-7,13,21H,3H2,(H,22,25)(H,23,24). The van der Waals surface area contributed by atoms with Crippen molar-refractivity contribution in [3.05, 3.63) is 58.0 Å². The first-order valence-electron chi connectivity index (χ1n) is 7.54. The Morgan fingerprint density at radius 3 is 2.92 bits per heavy atom. The number of H-pyrrole nitrogens is 1. The van der Waals surface area contributed by atoms with Crippen molar-refractivity contribution in [1.29, 1.82) is 0 Å². The molecule has 1 atom stereocenters. The van der Waals surface area contributed by atoms with Crippen molar-refractivity contribution in [1.82, 2.24) is 15.3 Å². The number of pyridine rings is 1. The molecule has 0 fully saturated rings. The Kier molecular flexibility index (Phi) is 3.86. The molecule has 1 aliphatic rings. The van der Waals surface area contributed by atoms with Crippen LogP contribution in [0.25, 0.3) is 10.9 Å². The zero-order chi connectivity index (χ0) is 17.6. The molecule has 0 aliphatic carbocycles. The van der Waals surface area contributed by atoms with Crippen LogP contribution in [0, 0.1) is 0 Å². The summed E-state index contributed by atoms with van der Waals surface area (Å²) in [6, 6.07) is 7.97. The minimum absolute atomic E-state index is 0.274. The first-order chi connectivity index (χ1) is 12.0. The van der Waals surface area contributed by atoms with Gasteiger partial charge in [0.1, 0.15) is 16.9 Å². The Balaban J connectivity index is 1.55. The van der Waals surface area contributed by atoms with Crippen LogP contribution in [-0.2, 0) is 11.2 Å². The third-order valence-corrected chi connectivity index (χ3v) is 4.53. The summed E-state index contributed by atoms with van der Waals surface area (Å²) in [5, 5.41) is 7.19. The Labute approximate surface area is 152 Å². The number of benzene rings is 1. The number of halogens is 2. The number of hydrogen-bond acceptors (Lipinski definition) is 3. The summed E-state index contributed by atoms with van der Waals surface area (Å²) in [4.78, 5) is 31.7. The van der Waals surface area contributed by atoms with Gasteiger partial charge in [0.25, 0.3) is 5.91 Å². The van der Waals surface area contributed by atoms with Gasteiger partial charge in [-0.3, -0.25) is 9.59 Å². The van der Waals surface area contributed by atoms with Gasteiger partial charge in [0.15, 0.2) is 0 Å². The molecule has 1 aromatic carbocycles. The molecule has 1 aliphatic heterocycles. The van der Waals surface area contributed by atoms with E-state index in [1.54, 1.807) is 30.5 Å². The molecule has 4 rings (SSSR count). The van der Waals surface area contributed by atoms with Gasteiger partial charge in [-0.05, 0) is 29.8 Å². The maximum atomic E-state index is 12.5. The summed E-state index contributed by atoms with van der Waals surface area (Å²) in [7, 11) is 0. The van der Waals surface area contributed by atoms with Crippen LogP contribution in [0.2, 0.25) is 10.2 Å². The van der Waals surface area contributed by atoms with Gasteiger partial charge in [-0.2, -0.15) is 0 Å². The second-order valence-electron chi connectivity index (χ2n) is 5.80. The minimum atomic E-state index is -0.658. The Bertz CT molecular complexity index is 1020. The average Bonchev–Trinajstić information content (AvgIpc) is 2.99. The summed E-state index contributed by atoms with van der Waals surface area (Å²) >= 11 is 11.8. The quantitative estimate of drug-likeness (QED) is 0.602. The van der Waals surface area contributed by atoms with Gasteiger partial charge >= 0.3 is 0 Å². The second kappa shape index (κ2) is 6.06. The van der Waals surface area contributed by atoms with Crippen molar-refractivity contribution in [2.24, 2.45) is 0 Å². The average molecular weight is 375 g/mol. The van der Waals surface area contributed by atoms with Gasteiger partial charge in [0.2, 0.25) is 5.91 Å². The molecule has 3 N–H and O–H groups in total. The molecule has 2 aromatic heterocycles. The molecule has 126 valence electrons. The second-order valence-corrected chi connectivity index (χ2v) is 6.62. The first kappa shape index (κ1) is 15.9. The summed E-state index contributed by atoms with van der Waals surface area (Å²) in [6.45, 7) is 0. The number of nitrogens with zero attached hydrogens (tertiary/aromatic N) is 1. The highest BCUT2D eigenvalue weighted by atomic mass is 35.5. The number of aromatic amines is 1. The molecular weight excluding hydrogens is 363 g/mol. The van der Waals surface area contributed by atoms with Crippen molar-refractivity contribution in [2.75, 3.05) is 5.32 Å². The number of rotatable bonds is 2. The van der Waals surface area contributed by atoms with E-state index in [2.05, 4.69) is 20.6 Å². The van der Waals surface area contributed by atoms with Crippen LogP contribution in [-0.4, -0.2) is 27.8 Å². The van der Waals surface area contributed by atoms with E-state index < -0.39 is 6.04 Å². The number of aromatic nitrogens is 2. The van der Waals surface area contributed by atoms with E-state index in [4.69, 9.17) is 23.2 Å². The van der Waals surface area contributed by atoms with E-state index in [-0.39, 0.29) is 11.8 Å². The molecular formula is C17H12Cl2N4O2. The fourth-order valence-corrected chi connectivity index (χ4v) is 3.19. The number of hydrogen-bond donors (Lipinski definition) is 3. The third-order valence-electron chi connectivity index (χ3n) is 4.09. The van der Waals surface area contributed by atoms with E-state index in [1.807, 2.05) is 6.07 Å². The summed E-state index contributed by atoms with van der Waals surface area (Å²) < 4.78 is 0. The van der Waals surface area contributed by atoms with E-state index in [9.17, 15) is 9.59 Å². The lowest BCUT2D eigenvalue weighted by Crippen LogP contribution is -2.47. The van der Waals surface area contributed by atoms with Crippen LogP contribution in [0.4, 0.5) is 5.69 Å². The maximum absolute atomic E-state index is 12.5. The van der Waals surface area contributed by atoms with E-state index >= 15 is 0 Å². The lowest BCUT2D eigenvalue weighted by Gasteiger charge is -2.25. The molecule has 1 unspecified atom stereocenters. The van der Waals surface area contributed by atoms with Crippen LogP contribution >= 0.6 is 23.2 Å². The fraction of sp³-hybridized carbons (Fsp3) is 0.118. The Morgan fingerprint density at radius 2 is 2.08 bits per heavy atom. The zero-order valence-corrected chi connectivity index (χ0v) is 14.3. The molecule has 8 heteroatoms. The van der Waals surface area contributed by atoms with Crippen LogP contribution in [0.15, 0.2) is 36.5 Å². The molecule has 6 nitrogen and oxygen atoms in total. The zero-order valence-electron chi connectivity index (χ0n) is 12.8. The predicted molar refractivity (Wildman–Crippen MR) is 96.1 cm³/mol. The maximum Gasteiger partial charge on any atom is 0.268 e. The molecule has 3 heterocycles. The highest BCUT2D eigenvalue weighted by Crippen LogP contribution is 2.26. The number of carbonyl (C=O) groups is 2. The number of anilines is 1. The predicted octanol–water partition coefficient (Wildman–Crippen LogP) is 3.16. The first-order valence-corrected chi connectivity index (χ1v) is 8.29. The number of carbonyl (C=O) groups excluding carboxylic acids is 2. The van der Waals surface area contributed by atoms with Crippen LogP contribution in [0.5, 0.6) is 0 Å². The summed E-state index contributed by atoms with van der Waals surface area (Å²) in [6.07, 6.45) is 1.96. The SMILES string of the molecule is O=C(NC1Cc2ccc(Cl)cc2NC1=O)c1cc2cc(Cl)ncc2[nH]1. The van der Waals surface area contributed by atoms with Gasteiger partial charge in [-0.25, -0.2) is 4.98 Å². The lowest BCUT2D eigenvalue weighted by molar-refractivity contribution is -0.118. The van der Waals surface area contributed by atoms with Gasteiger partial charge < -0.3 is 15.6 Å². The normalized spacial score (nSPS) is 16.4. The van der Waals surface area contributed by atoms with Gasteiger partial charge in [0, 0.05) is 22.5 Å². The van der Waals surface area contributed by atoms with Crippen molar-refractivity contribution in [3.8, 4) is 0 Å². The number of nitrogens with one attached hydrogen (secondary N) is 3. The topological polar surface area (TPSA) is 86.9 Å². The number of fused-ring (bicyclic) bond motifs is 2. The fourth-order valence-electron chi connectivity index (χ4n) is 2.86. The Hall–Kier alpha value is -2.57.